The van der Waals surface area contributed by atoms with Crippen molar-refractivity contribution >= 4 is 5.69 Å². The molecule has 0 spiro atoms. The lowest BCUT2D eigenvalue weighted by atomic mass is 10.1. The van der Waals surface area contributed by atoms with Gasteiger partial charge in [-0.25, -0.2) is 0 Å². The molecule has 1 heterocycles. The lowest BCUT2D eigenvalue weighted by molar-refractivity contribution is 0.122. The largest absolute Gasteiger partial charge is 0.378 e. The second kappa shape index (κ2) is 7.18. The Balaban J connectivity index is 1.85. The first-order valence-electron chi connectivity index (χ1n) is 6.88. The first-order valence-corrected chi connectivity index (χ1v) is 6.88. The monoisotopic (exact) mass is 258 g/mol. The number of nitrogens with one attached hydrogen (secondary N) is 1. The molecule has 3 heteroatoms. The molecular formula is C16H22N2O. The minimum absolute atomic E-state index is 0.365. The van der Waals surface area contributed by atoms with Gasteiger partial charge in [0.15, 0.2) is 0 Å². The maximum Gasteiger partial charge on any atom is 0.0642 e. The van der Waals surface area contributed by atoms with E-state index in [-0.39, 0.29) is 0 Å². The van der Waals surface area contributed by atoms with Gasteiger partial charge in [-0.05, 0) is 24.6 Å². The van der Waals surface area contributed by atoms with Crippen molar-refractivity contribution in [3.05, 3.63) is 29.8 Å². The lowest BCUT2D eigenvalue weighted by Gasteiger charge is -2.29. The first kappa shape index (κ1) is 13.9. The first-order chi connectivity index (χ1) is 9.29. The predicted molar refractivity (Wildman–Crippen MR) is 79.2 cm³/mol. The van der Waals surface area contributed by atoms with Crippen LogP contribution in [0.4, 0.5) is 5.69 Å². The van der Waals surface area contributed by atoms with Gasteiger partial charge >= 0.3 is 0 Å². The number of morpholine rings is 1. The van der Waals surface area contributed by atoms with Crippen LogP contribution < -0.4 is 10.2 Å². The number of hydrogen-bond donors (Lipinski definition) is 1. The van der Waals surface area contributed by atoms with Gasteiger partial charge in [0.1, 0.15) is 0 Å². The normalized spacial score (nSPS) is 16.9. The molecule has 0 bridgehead atoms. The molecule has 1 aliphatic rings. The van der Waals surface area contributed by atoms with E-state index in [1.54, 1.807) is 0 Å². The van der Waals surface area contributed by atoms with Gasteiger partial charge in [-0.1, -0.05) is 12.1 Å². The van der Waals surface area contributed by atoms with E-state index >= 15 is 0 Å². The van der Waals surface area contributed by atoms with Crippen LogP contribution in [0.5, 0.6) is 0 Å². The van der Waals surface area contributed by atoms with Gasteiger partial charge in [0, 0.05) is 37.8 Å². The molecule has 1 saturated heterocycles. The molecule has 3 nitrogen and oxygen atoms in total. The summed E-state index contributed by atoms with van der Waals surface area (Å²) >= 11 is 0. The number of terminal acetylenes is 1. The van der Waals surface area contributed by atoms with Gasteiger partial charge in [0.05, 0.1) is 13.2 Å². The molecule has 1 aromatic carbocycles. The number of anilines is 1. The highest BCUT2D eigenvalue weighted by Crippen LogP contribution is 2.16. The molecule has 0 aliphatic carbocycles. The molecule has 1 fully saturated rings. The Morgan fingerprint density at radius 1 is 1.32 bits per heavy atom. The second-order valence-corrected chi connectivity index (χ2v) is 4.96. The van der Waals surface area contributed by atoms with Crippen LogP contribution in [0.15, 0.2) is 24.3 Å². The number of benzene rings is 1. The van der Waals surface area contributed by atoms with E-state index in [0.29, 0.717) is 6.04 Å². The summed E-state index contributed by atoms with van der Waals surface area (Å²) < 4.78 is 5.37. The molecule has 0 radical (unpaired) electrons. The number of hydrogen-bond acceptors (Lipinski definition) is 3. The van der Waals surface area contributed by atoms with Crippen LogP contribution in [-0.2, 0) is 11.3 Å². The van der Waals surface area contributed by atoms with E-state index in [9.17, 15) is 0 Å². The number of ether oxygens (including phenoxy) is 1. The summed E-state index contributed by atoms with van der Waals surface area (Å²) in [5, 5.41) is 3.42. The topological polar surface area (TPSA) is 24.5 Å². The van der Waals surface area contributed by atoms with Gasteiger partial charge in [0.25, 0.3) is 0 Å². The van der Waals surface area contributed by atoms with Gasteiger partial charge in [-0.3, -0.25) is 0 Å². The van der Waals surface area contributed by atoms with Crippen LogP contribution in [0.3, 0.4) is 0 Å². The van der Waals surface area contributed by atoms with E-state index in [0.717, 1.165) is 39.3 Å². The molecule has 0 amide bonds. The number of rotatable bonds is 5. The summed E-state index contributed by atoms with van der Waals surface area (Å²) in [6, 6.07) is 9.10. The standard InChI is InChI=1S/C16H22N2O/c1-3-4-14(2)17-13-15-5-7-16(8-6-15)18-9-11-19-12-10-18/h1,5-8,14,17H,4,9-13H2,2H3. The van der Waals surface area contributed by atoms with Crippen molar-refractivity contribution in [3.8, 4) is 12.3 Å². The lowest BCUT2D eigenvalue weighted by Crippen LogP contribution is -2.36. The SMILES string of the molecule is C#CCC(C)NCc1ccc(N2CCOCC2)cc1. The van der Waals surface area contributed by atoms with Gasteiger partial charge in [-0.2, -0.15) is 0 Å². The molecule has 1 N–H and O–H groups in total. The van der Waals surface area contributed by atoms with Crippen molar-refractivity contribution in [2.24, 2.45) is 0 Å². The zero-order valence-corrected chi connectivity index (χ0v) is 11.6. The average Bonchev–Trinajstić information content (AvgIpc) is 2.47. The fourth-order valence-electron chi connectivity index (χ4n) is 2.19. The zero-order chi connectivity index (χ0) is 13.5. The van der Waals surface area contributed by atoms with E-state index in [4.69, 9.17) is 11.2 Å². The van der Waals surface area contributed by atoms with Crippen LogP contribution >= 0.6 is 0 Å². The quantitative estimate of drug-likeness (QED) is 0.818. The highest BCUT2D eigenvalue weighted by molar-refractivity contribution is 5.47. The minimum Gasteiger partial charge on any atom is -0.378 e. The summed E-state index contributed by atoms with van der Waals surface area (Å²) in [7, 11) is 0. The summed E-state index contributed by atoms with van der Waals surface area (Å²) in [4.78, 5) is 2.36. The molecule has 102 valence electrons. The van der Waals surface area contributed by atoms with Crippen molar-refractivity contribution in [1.82, 2.24) is 5.32 Å². The predicted octanol–water partition coefficient (Wildman–Crippen LogP) is 2.02. The van der Waals surface area contributed by atoms with E-state index in [1.807, 2.05) is 0 Å². The van der Waals surface area contributed by atoms with Crippen molar-refractivity contribution in [2.75, 3.05) is 31.2 Å². The molecular weight excluding hydrogens is 236 g/mol. The van der Waals surface area contributed by atoms with E-state index in [2.05, 4.69) is 47.3 Å². The number of nitrogens with zero attached hydrogens (tertiary/aromatic N) is 1. The van der Waals surface area contributed by atoms with Gasteiger partial charge in [0.2, 0.25) is 0 Å². The Hall–Kier alpha value is -1.50. The van der Waals surface area contributed by atoms with Crippen LogP contribution in [0.25, 0.3) is 0 Å². The van der Waals surface area contributed by atoms with Crippen molar-refractivity contribution in [2.45, 2.75) is 25.9 Å². The highest BCUT2D eigenvalue weighted by atomic mass is 16.5. The Kier molecular flexibility index (Phi) is 5.26. The molecule has 1 atom stereocenters. The Morgan fingerprint density at radius 2 is 2.00 bits per heavy atom. The maximum absolute atomic E-state index is 5.37. The van der Waals surface area contributed by atoms with Crippen LogP contribution in [-0.4, -0.2) is 32.3 Å². The minimum atomic E-state index is 0.365. The van der Waals surface area contributed by atoms with Gasteiger partial charge in [-0.15, -0.1) is 12.3 Å². The fourth-order valence-corrected chi connectivity index (χ4v) is 2.19. The third kappa shape index (κ3) is 4.27. The summed E-state index contributed by atoms with van der Waals surface area (Å²) in [6.45, 7) is 6.60. The molecule has 19 heavy (non-hydrogen) atoms. The zero-order valence-electron chi connectivity index (χ0n) is 11.6. The van der Waals surface area contributed by atoms with Crippen LogP contribution in [0, 0.1) is 12.3 Å². The highest BCUT2D eigenvalue weighted by Gasteiger charge is 2.10. The summed E-state index contributed by atoms with van der Waals surface area (Å²) in [5.74, 6) is 2.67. The van der Waals surface area contributed by atoms with Crippen LogP contribution in [0.2, 0.25) is 0 Å². The van der Waals surface area contributed by atoms with Crippen molar-refractivity contribution in [1.29, 1.82) is 0 Å². The fraction of sp³-hybridized carbons (Fsp3) is 0.500. The third-order valence-corrected chi connectivity index (χ3v) is 3.39. The molecule has 1 aromatic rings. The van der Waals surface area contributed by atoms with Crippen molar-refractivity contribution < 1.29 is 4.74 Å². The summed E-state index contributed by atoms with van der Waals surface area (Å²) in [6.07, 6.45) is 6.06. The molecule has 1 unspecified atom stereocenters. The van der Waals surface area contributed by atoms with E-state index in [1.165, 1.54) is 11.3 Å². The molecule has 0 saturated carbocycles. The summed E-state index contributed by atoms with van der Waals surface area (Å²) in [5.41, 5.74) is 2.57. The molecule has 2 rings (SSSR count). The Bertz CT molecular complexity index is 415. The molecule has 1 aliphatic heterocycles. The van der Waals surface area contributed by atoms with E-state index < -0.39 is 0 Å². The smallest absolute Gasteiger partial charge is 0.0642 e. The Morgan fingerprint density at radius 3 is 2.63 bits per heavy atom. The second-order valence-electron chi connectivity index (χ2n) is 4.96. The van der Waals surface area contributed by atoms with Crippen LogP contribution in [0.1, 0.15) is 18.9 Å². The third-order valence-electron chi connectivity index (χ3n) is 3.39. The average molecular weight is 258 g/mol. The Labute approximate surface area is 115 Å². The molecule has 0 aromatic heterocycles. The maximum atomic E-state index is 5.37. The van der Waals surface area contributed by atoms with Gasteiger partial charge < -0.3 is 15.0 Å². The van der Waals surface area contributed by atoms with Crippen molar-refractivity contribution in [3.63, 3.8) is 0 Å².